The molecule has 2 aromatic rings. The molecule has 0 fully saturated rings. The second-order valence-corrected chi connectivity index (χ2v) is 4.72. The molecule has 15 heavy (non-hydrogen) atoms. The molecule has 0 aliphatic heterocycles. The molecule has 0 saturated heterocycles. The van der Waals surface area contributed by atoms with Crippen molar-refractivity contribution in [2.75, 3.05) is 0 Å². The first-order valence-corrected chi connectivity index (χ1v) is 6.13. The third-order valence-electron chi connectivity index (χ3n) is 2.04. The van der Waals surface area contributed by atoms with Gasteiger partial charge in [-0.05, 0) is 29.8 Å². The van der Waals surface area contributed by atoms with Crippen molar-refractivity contribution < 1.29 is 0 Å². The fraction of sp³-hybridized carbons (Fsp3) is 0.0769. The molecule has 0 spiro atoms. The molecule has 0 bridgehead atoms. The van der Waals surface area contributed by atoms with E-state index in [-0.39, 0.29) is 0 Å². The Balaban J connectivity index is 1.99. The van der Waals surface area contributed by atoms with Crippen molar-refractivity contribution in [3.8, 4) is 0 Å². The molecule has 0 heterocycles. The van der Waals surface area contributed by atoms with Gasteiger partial charge in [-0.3, -0.25) is 0 Å². The Morgan fingerprint density at radius 1 is 0.933 bits per heavy atom. The Morgan fingerprint density at radius 3 is 2.47 bits per heavy atom. The van der Waals surface area contributed by atoms with E-state index in [1.54, 1.807) is 0 Å². The molecule has 0 aliphatic rings. The zero-order valence-electron chi connectivity index (χ0n) is 8.19. The summed E-state index contributed by atoms with van der Waals surface area (Å²) in [6.07, 6.45) is 0. The van der Waals surface area contributed by atoms with Gasteiger partial charge in [-0.25, -0.2) is 0 Å². The van der Waals surface area contributed by atoms with Crippen LogP contribution in [0.5, 0.6) is 0 Å². The van der Waals surface area contributed by atoms with Gasteiger partial charge < -0.3 is 0 Å². The SMILES string of the molecule is Clc1cccc(CSc2ccccc2)c1. The lowest BCUT2D eigenvalue weighted by Crippen LogP contribution is -1.79. The second kappa shape index (κ2) is 5.24. The molecule has 76 valence electrons. The number of thioether (sulfide) groups is 1. The van der Waals surface area contributed by atoms with E-state index < -0.39 is 0 Å². The van der Waals surface area contributed by atoms with Crippen LogP contribution in [0.3, 0.4) is 0 Å². The Morgan fingerprint density at radius 2 is 1.73 bits per heavy atom. The van der Waals surface area contributed by atoms with Crippen LogP contribution in [0.25, 0.3) is 0 Å². The third kappa shape index (κ3) is 3.29. The highest BCUT2D eigenvalue weighted by Crippen LogP contribution is 2.23. The highest BCUT2D eigenvalue weighted by atomic mass is 35.5. The summed E-state index contributed by atoms with van der Waals surface area (Å²) in [6, 6.07) is 18.4. The summed E-state index contributed by atoms with van der Waals surface area (Å²) in [7, 11) is 0. The van der Waals surface area contributed by atoms with Crippen LogP contribution in [0.2, 0.25) is 5.02 Å². The zero-order valence-corrected chi connectivity index (χ0v) is 9.76. The van der Waals surface area contributed by atoms with Crippen LogP contribution >= 0.6 is 23.4 Å². The Bertz CT molecular complexity index is 426. The highest BCUT2D eigenvalue weighted by molar-refractivity contribution is 7.98. The minimum Gasteiger partial charge on any atom is -0.121 e. The molecule has 0 N–H and O–H groups in total. The number of benzene rings is 2. The maximum absolute atomic E-state index is 5.92. The standard InChI is InChI=1S/C13H11ClS/c14-12-6-4-5-11(9-12)10-15-13-7-2-1-3-8-13/h1-9H,10H2. The first-order chi connectivity index (χ1) is 7.34. The summed E-state index contributed by atoms with van der Waals surface area (Å²) >= 11 is 7.74. The van der Waals surface area contributed by atoms with Crippen molar-refractivity contribution in [3.63, 3.8) is 0 Å². The van der Waals surface area contributed by atoms with Crippen molar-refractivity contribution in [1.29, 1.82) is 0 Å². The van der Waals surface area contributed by atoms with E-state index in [2.05, 4.69) is 30.3 Å². The quantitative estimate of drug-likeness (QED) is 0.698. The summed E-state index contributed by atoms with van der Waals surface area (Å²) in [4.78, 5) is 1.29. The van der Waals surface area contributed by atoms with Gasteiger partial charge in [-0.1, -0.05) is 41.9 Å². The van der Waals surface area contributed by atoms with E-state index >= 15 is 0 Å². The number of halogens is 1. The van der Waals surface area contributed by atoms with E-state index in [1.807, 2.05) is 36.0 Å². The van der Waals surface area contributed by atoms with Crippen molar-refractivity contribution in [2.24, 2.45) is 0 Å². The minimum absolute atomic E-state index is 0.807. The van der Waals surface area contributed by atoms with Crippen LogP contribution in [-0.4, -0.2) is 0 Å². The van der Waals surface area contributed by atoms with Crippen molar-refractivity contribution in [3.05, 3.63) is 65.2 Å². The predicted molar refractivity (Wildman–Crippen MR) is 67.5 cm³/mol. The molecule has 0 aliphatic carbocycles. The topological polar surface area (TPSA) is 0 Å². The van der Waals surface area contributed by atoms with Gasteiger partial charge in [-0.2, -0.15) is 0 Å². The second-order valence-electron chi connectivity index (χ2n) is 3.23. The van der Waals surface area contributed by atoms with Crippen LogP contribution in [0.1, 0.15) is 5.56 Å². The molecule has 2 heteroatoms. The third-order valence-corrected chi connectivity index (χ3v) is 3.36. The normalized spacial score (nSPS) is 10.2. The molecule has 2 rings (SSSR count). The average molecular weight is 235 g/mol. The van der Waals surface area contributed by atoms with Gasteiger partial charge in [0.2, 0.25) is 0 Å². The summed E-state index contributed by atoms with van der Waals surface area (Å²) < 4.78 is 0. The van der Waals surface area contributed by atoms with Crippen LogP contribution in [-0.2, 0) is 5.75 Å². The lowest BCUT2D eigenvalue weighted by Gasteiger charge is -2.01. The number of hydrogen-bond donors (Lipinski definition) is 0. The lowest BCUT2D eigenvalue weighted by atomic mass is 10.2. The summed E-state index contributed by atoms with van der Waals surface area (Å²) in [6.45, 7) is 0. The monoisotopic (exact) mass is 234 g/mol. The molecule has 0 radical (unpaired) electrons. The van der Waals surface area contributed by atoms with E-state index in [9.17, 15) is 0 Å². The van der Waals surface area contributed by atoms with Crippen LogP contribution in [0.4, 0.5) is 0 Å². The van der Waals surface area contributed by atoms with Gasteiger partial charge in [-0.15, -0.1) is 11.8 Å². The highest BCUT2D eigenvalue weighted by Gasteiger charge is 1.96. The molecule has 0 saturated carbocycles. The van der Waals surface area contributed by atoms with Crippen molar-refractivity contribution in [1.82, 2.24) is 0 Å². The molecule has 0 nitrogen and oxygen atoms in total. The maximum atomic E-state index is 5.92. The number of hydrogen-bond acceptors (Lipinski definition) is 1. The van der Waals surface area contributed by atoms with Gasteiger partial charge in [0.05, 0.1) is 0 Å². The fourth-order valence-electron chi connectivity index (χ4n) is 1.31. The van der Waals surface area contributed by atoms with Gasteiger partial charge >= 0.3 is 0 Å². The zero-order chi connectivity index (χ0) is 10.5. The van der Waals surface area contributed by atoms with Gasteiger partial charge in [0, 0.05) is 15.7 Å². The van der Waals surface area contributed by atoms with Crippen LogP contribution in [0, 0.1) is 0 Å². The largest absolute Gasteiger partial charge is 0.121 e. The molecule has 0 atom stereocenters. The molecular formula is C13H11ClS. The van der Waals surface area contributed by atoms with E-state index in [1.165, 1.54) is 10.5 Å². The molecule has 0 amide bonds. The lowest BCUT2D eigenvalue weighted by molar-refractivity contribution is 1.38. The van der Waals surface area contributed by atoms with Gasteiger partial charge in [0.25, 0.3) is 0 Å². The minimum atomic E-state index is 0.807. The van der Waals surface area contributed by atoms with Crippen molar-refractivity contribution >= 4 is 23.4 Å². The smallest absolute Gasteiger partial charge is 0.0409 e. The Labute approximate surface area is 99.3 Å². The maximum Gasteiger partial charge on any atom is 0.0409 e. The van der Waals surface area contributed by atoms with Gasteiger partial charge in [0.15, 0.2) is 0 Å². The molecule has 2 aromatic carbocycles. The molecule has 0 unspecified atom stereocenters. The summed E-state index contributed by atoms with van der Waals surface area (Å²) in [5.74, 6) is 0.963. The van der Waals surface area contributed by atoms with E-state index in [0.717, 1.165) is 10.8 Å². The van der Waals surface area contributed by atoms with Crippen LogP contribution in [0.15, 0.2) is 59.5 Å². The van der Waals surface area contributed by atoms with Crippen LogP contribution < -0.4 is 0 Å². The first kappa shape index (κ1) is 10.6. The fourth-order valence-corrected chi connectivity index (χ4v) is 2.39. The summed E-state index contributed by atoms with van der Waals surface area (Å²) in [5.41, 5.74) is 1.26. The number of rotatable bonds is 3. The first-order valence-electron chi connectivity index (χ1n) is 4.77. The van der Waals surface area contributed by atoms with Gasteiger partial charge in [0.1, 0.15) is 0 Å². The Hall–Kier alpha value is -0.920. The Kier molecular flexibility index (Phi) is 3.70. The molecular weight excluding hydrogens is 224 g/mol. The predicted octanol–water partition coefficient (Wildman–Crippen LogP) is 4.63. The van der Waals surface area contributed by atoms with E-state index in [4.69, 9.17) is 11.6 Å². The molecule has 0 aromatic heterocycles. The van der Waals surface area contributed by atoms with E-state index in [0.29, 0.717) is 0 Å². The summed E-state index contributed by atoms with van der Waals surface area (Å²) in [5, 5.41) is 0.807. The van der Waals surface area contributed by atoms with Crippen molar-refractivity contribution in [2.45, 2.75) is 10.6 Å². The average Bonchev–Trinajstić information content (AvgIpc) is 2.28.